The Balaban J connectivity index is 0.00000176. The number of likely N-dealkylation sites (N-methyl/N-ethyl adjacent to an activating group) is 1. The van der Waals surface area contributed by atoms with Crippen molar-refractivity contribution in [2.75, 3.05) is 20.1 Å². The van der Waals surface area contributed by atoms with Gasteiger partial charge in [-0.15, -0.1) is 12.4 Å². The molecule has 0 radical (unpaired) electrons. The lowest BCUT2D eigenvalue weighted by Crippen LogP contribution is -2.23. The van der Waals surface area contributed by atoms with Gasteiger partial charge in [0.15, 0.2) is 0 Å². The van der Waals surface area contributed by atoms with E-state index in [-0.39, 0.29) is 12.4 Å². The van der Waals surface area contributed by atoms with E-state index in [0.717, 1.165) is 19.5 Å². The second kappa shape index (κ2) is 7.98. The van der Waals surface area contributed by atoms with E-state index in [1.165, 1.54) is 22.3 Å². The normalized spacial score (nSPS) is 15.4. The van der Waals surface area contributed by atoms with Gasteiger partial charge in [-0.3, -0.25) is 0 Å². The van der Waals surface area contributed by atoms with Crippen molar-refractivity contribution in [3.63, 3.8) is 0 Å². The van der Waals surface area contributed by atoms with Crippen LogP contribution in [0.2, 0.25) is 0 Å². The Labute approximate surface area is 139 Å². The molecular weight excluding hydrogens is 290 g/mol. The molecule has 0 saturated carbocycles. The van der Waals surface area contributed by atoms with Crippen LogP contribution in [0.25, 0.3) is 17.2 Å². The number of halogens is 1. The zero-order valence-corrected chi connectivity index (χ0v) is 13.7. The molecule has 2 heteroatoms. The predicted molar refractivity (Wildman–Crippen MR) is 98.4 cm³/mol. The maximum Gasteiger partial charge on any atom is 0.0165 e. The minimum Gasteiger partial charge on any atom is -0.302 e. The molecule has 3 rings (SSSR count). The van der Waals surface area contributed by atoms with Crippen molar-refractivity contribution in [2.45, 2.75) is 6.42 Å². The summed E-state index contributed by atoms with van der Waals surface area (Å²) >= 11 is 0. The molecule has 0 N–H and O–H groups in total. The van der Waals surface area contributed by atoms with E-state index in [1.54, 1.807) is 0 Å². The molecule has 0 aromatic heterocycles. The topological polar surface area (TPSA) is 3.24 Å². The number of hydrogen-bond acceptors (Lipinski definition) is 1. The molecule has 0 atom stereocenters. The third-order valence-corrected chi connectivity index (χ3v) is 3.96. The number of hydrogen-bond donors (Lipinski definition) is 0. The highest BCUT2D eigenvalue weighted by Crippen LogP contribution is 2.20. The van der Waals surface area contributed by atoms with Crippen molar-refractivity contribution < 1.29 is 0 Å². The van der Waals surface area contributed by atoms with Gasteiger partial charge in [0.2, 0.25) is 0 Å². The summed E-state index contributed by atoms with van der Waals surface area (Å²) in [6.07, 6.45) is 7.93. The van der Waals surface area contributed by atoms with Crippen molar-refractivity contribution in [2.24, 2.45) is 0 Å². The van der Waals surface area contributed by atoms with Gasteiger partial charge < -0.3 is 4.90 Å². The van der Waals surface area contributed by atoms with E-state index in [2.05, 4.69) is 84.8 Å². The molecule has 1 heterocycles. The molecule has 1 aliphatic heterocycles. The Morgan fingerprint density at radius 3 is 2.18 bits per heavy atom. The van der Waals surface area contributed by atoms with E-state index >= 15 is 0 Å². The number of rotatable bonds is 3. The SMILES string of the molecule is CN1CC=C(/C=C/c2ccc(-c3ccccc3)cc2)CC1.Cl. The average molecular weight is 312 g/mol. The van der Waals surface area contributed by atoms with Gasteiger partial charge in [-0.1, -0.05) is 72.8 Å². The summed E-state index contributed by atoms with van der Waals surface area (Å²) < 4.78 is 0. The van der Waals surface area contributed by atoms with Crippen LogP contribution < -0.4 is 0 Å². The smallest absolute Gasteiger partial charge is 0.0165 e. The van der Waals surface area contributed by atoms with Crippen LogP contribution in [0.4, 0.5) is 0 Å². The average Bonchev–Trinajstić information content (AvgIpc) is 2.56. The Kier molecular flexibility index (Phi) is 6.00. The molecule has 0 amide bonds. The summed E-state index contributed by atoms with van der Waals surface area (Å²) in [6.45, 7) is 2.22. The van der Waals surface area contributed by atoms with E-state index in [9.17, 15) is 0 Å². The van der Waals surface area contributed by atoms with E-state index in [1.807, 2.05) is 0 Å². The van der Waals surface area contributed by atoms with Crippen molar-refractivity contribution in [3.8, 4) is 11.1 Å². The first-order chi connectivity index (χ1) is 10.3. The summed E-state index contributed by atoms with van der Waals surface area (Å²) in [7, 11) is 2.17. The molecule has 0 bridgehead atoms. The minimum atomic E-state index is 0. The van der Waals surface area contributed by atoms with Crippen LogP contribution in [0, 0.1) is 0 Å². The van der Waals surface area contributed by atoms with Crippen LogP contribution in [0.15, 0.2) is 72.3 Å². The van der Waals surface area contributed by atoms with E-state index in [4.69, 9.17) is 0 Å². The molecule has 114 valence electrons. The van der Waals surface area contributed by atoms with Gasteiger partial charge in [-0.25, -0.2) is 0 Å². The van der Waals surface area contributed by atoms with Gasteiger partial charge in [0, 0.05) is 13.1 Å². The number of benzene rings is 2. The fourth-order valence-corrected chi connectivity index (χ4v) is 2.56. The molecule has 2 aromatic rings. The van der Waals surface area contributed by atoms with Crippen LogP contribution in [-0.2, 0) is 0 Å². The maximum atomic E-state index is 2.34. The maximum absolute atomic E-state index is 2.34. The summed E-state index contributed by atoms with van der Waals surface area (Å²) in [5.41, 5.74) is 5.24. The second-order valence-electron chi connectivity index (χ2n) is 5.61. The van der Waals surface area contributed by atoms with Crippen LogP contribution in [0.3, 0.4) is 0 Å². The third-order valence-electron chi connectivity index (χ3n) is 3.96. The van der Waals surface area contributed by atoms with Gasteiger partial charge in [-0.2, -0.15) is 0 Å². The zero-order chi connectivity index (χ0) is 14.5. The summed E-state index contributed by atoms with van der Waals surface area (Å²) in [5.74, 6) is 0. The number of nitrogens with zero attached hydrogens (tertiary/aromatic N) is 1. The minimum absolute atomic E-state index is 0. The van der Waals surface area contributed by atoms with Gasteiger partial charge in [0.1, 0.15) is 0 Å². The summed E-state index contributed by atoms with van der Waals surface area (Å²) in [4.78, 5) is 2.34. The molecule has 2 aromatic carbocycles. The van der Waals surface area contributed by atoms with Crippen LogP contribution in [0.1, 0.15) is 12.0 Å². The van der Waals surface area contributed by atoms with Gasteiger partial charge >= 0.3 is 0 Å². The highest BCUT2D eigenvalue weighted by Gasteiger charge is 2.04. The zero-order valence-electron chi connectivity index (χ0n) is 12.9. The molecular formula is C20H22ClN. The quantitative estimate of drug-likeness (QED) is 0.766. The van der Waals surface area contributed by atoms with Crippen molar-refractivity contribution in [1.82, 2.24) is 4.90 Å². The van der Waals surface area contributed by atoms with Crippen molar-refractivity contribution in [3.05, 3.63) is 77.9 Å². The van der Waals surface area contributed by atoms with E-state index < -0.39 is 0 Å². The van der Waals surface area contributed by atoms with Crippen LogP contribution in [-0.4, -0.2) is 25.0 Å². The standard InChI is InChI=1S/C20H21N.ClH/c1-21-15-13-18(14-16-21)8-7-17-9-11-20(12-10-17)19-5-3-2-4-6-19;/h2-13H,14-16H2,1H3;1H/b8-7+;. The van der Waals surface area contributed by atoms with Crippen LogP contribution >= 0.6 is 12.4 Å². The lowest BCUT2D eigenvalue weighted by molar-refractivity contribution is 0.361. The fraction of sp³-hybridized carbons (Fsp3) is 0.200. The van der Waals surface area contributed by atoms with Crippen molar-refractivity contribution in [1.29, 1.82) is 0 Å². The predicted octanol–water partition coefficient (Wildman–Crippen LogP) is 5.05. The molecule has 0 spiro atoms. The Morgan fingerprint density at radius 1 is 0.864 bits per heavy atom. The lowest BCUT2D eigenvalue weighted by Gasteiger charge is -2.20. The second-order valence-corrected chi connectivity index (χ2v) is 5.61. The number of allylic oxidation sites excluding steroid dienone is 1. The first-order valence-corrected chi connectivity index (χ1v) is 7.52. The first-order valence-electron chi connectivity index (χ1n) is 7.52. The Hall–Kier alpha value is -1.83. The highest BCUT2D eigenvalue weighted by molar-refractivity contribution is 5.85. The van der Waals surface area contributed by atoms with Gasteiger partial charge in [-0.05, 0) is 35.7 Å². The Morgan fingerprint density at radius 2 is 1.55 bits per heavy atom. The van der Waals surface area contributed by atoms with Gasteiger partial charge in [0.25, 0.3) is 0 Å². The molecule has 0 saturated heterocycles. The summed E-state index contributed by atoms with van der Waals surface area (Å²) in [5, 5.41) is 0. The highest BCUT2D eigenvalue weighted by atomic mass is 35.5. The van der Waals surface area contributed by atoms with Crippen LogP contribution in [0.5, 0.6) is 0 Å². The molecule has 0 unspecified atom stereocenters. The third kappa shape index (κ3) is 4.33. The fourth-order valence-electron chi connectivity index (χ4n) is 2.56. The molecule has 1 nitrogen and oxygen atoms in total. The van der Waals surface area contributed by atoms with Crippen molar-refractivity contribution >= 4 is 18.5 Å². The molecule has 0 aliphatic carbocycles. The summed E-state index contributed by atoms with van der Waals surface area (Å²) in [6, 6.07) is 19.3. The Bertz CT molecular complexity index is 641. The lowest BCUT2D eigenvalue weighted by atomic mass is 10.0. The van der Waals surface area contributed by atoms with E-state index in [0.29, 0.717) is 0 Å². The largest absolute Gasteiger partial charge is 0.302 e. The molecule has 1 aliphatic rings. The first kappa shape index (κ1) is 16.5. The van der Waals surface area contributed by atoms with Gasteiger partial charge in [0.05, 0.1) is 0 Å². The molecule has 0 fully saturated rings. The monoisotopic (exact) mass is 311 g/mol. The molecule has 22 heavy (non-hydrogen) atoms.